The molecule has 0 aliphatic rings. The summed E-state index contributed by atoms with van der Waals surface area (Å²) in [5, 5.41) is 3.68. The Hall–Kier alpha value is -1.58. The van der Waals surface area contributed by atoms with Crippen LogP contribution in [0.4, 0.5) is 4.39 Å². The fourth-order valence-electron chi connectivity index (χ4n) is 1.93. The summed E-state index contributed by atoms with van der Waals surface area (Å²) in [5.41, 5.74) is 1.70. The third-order valence-corrected chi connectivity index (χ3v) is 3.58. The van der Waals surface area contributed by atoms with Crippen molar-refractivity contribution < 1.29 is 9.13 Å². The molecule has 4 heteroatoms. The third-order valence-electron chi connectivity index (χ3n) is 3.21. The van der Waals surface area contributed by atoms with Crippen LogP contribution in [0.5, 0.6) is 5.75 Å². The molecular formula is C16H17ClFNO. The second kappa shape index (κ2) is 6.73. The monoisotopic (exact) mass is 293 g/mol. The van der Waals surface area contributed by atoms with Crippen molar-refractivity contribution >= 4 is 11.6 Å². The molecule has 0 amide bonds. The highest BCUT2D eigenvalue weighted by molar-refractivity contribution is 6.31. The molecular weight excluding hydrogens is 277 g/mol. The molecule has 0 saturated carbocycles. The fraction of sp³-hybridized carbons (Fsp3) is 0.250. The van der Waals surface area contributed by atoms with Crippen molar-refractivity contribution in [2.75, 3.05) is 7.05 Å². The van der Waals surface area contributed by atoms with E-state index in [1.54, 1.807) is 0 Å². The van der Waals surface area contributed by atoms with Crippen LogP contribution < -0.4 is 10.1 Å². The molecule has 106 valence electrons. The van der Waals surface area contributed by atoms with Crippen molar-refractivity contribution in [2.24, 2.45) is 0 Å². The molecule has 1 atom stereocenters. The molecule has 0 radical (unpaired) electrons. The van der Waals surface area contributed by atoms with Gasteiger partial charge in [-0.3, -0.25) is 0 Å². The molecule has 1 unspecified atom stereocenters. The maximum absolute atomic E-state index is 13.2. The first kappa shape index (κ1) is 14.8. The van der Waals surface area contributed by atoms with Crippen LogP contribution in [0.25, 0.3) is 0 Å². The van der Waals surface area contributed by atoms with E-state index < -0.39 is 0 Å². The van der Waals surface area contributed by atoms with Crippen molar-refractivity contribution in [3.63, 3.8) is 0 Å². The number of ether oxygens (including phenoxy) is 1. The first-order chi connectivity index (χ1) is 9.61. The van der Waals surface area contributed by atoms with E-state index in [0.29, 0.717) is 10.6 Å². The molecule has 2 rings (SSSR count). The Balaban J connectivity index is 2.17. The van der Waals surface area contributed by atoms with Crippen LogP contribution in [-0.4, -0.2) is 7.05 Å². The smallest absolute Gasteiger partial charge is 0.124 e. The summed E-state index contributed by atoms with van der Waals surface area (Å²) in [6.45, 7) is 2.29. The Labute approximate surface area is 123 Å². The first-order valence-corrected chi connectivity index (χ1v) is 6.82. The molecule has 20 heavy (non-hydrogen) atoms. The average molecular weight is 294 g/mol. The van der Waals surface area contributed by atoms with Gasteiger partial charge in [0, 0.05) is 22.2 Å². The minimum atomic E-state index is -0.315. The van der Waals surface area contributed by atoms with E-state index >= 15 is 0 Å². The highest BCUT2D eigenvalue weighted by Gasteiger charge is 2.10. The molecule has 1 N–H and O–H groups in total. The van der Waals surface area contributed by atoms with Gasteiger partial charge in [-0.1, -0.05) is 29.8 Å². The lowest BCUT2D eigenvalue weighted by atomic mass is 10.1. The number of halogens is 2. The molecule has 0 fully saturated rings. The molecule has 0 spiro atoms. The summed E-state index contributed by atoms with van der Waals surface area (Å²) in [6.07, 6.45) is 0. The maximum Gasteiger partial charge on any atom is 0.124 e. The summed E-state index contributed by atoms with van der Waals surface area (Å²) in [6, 6.07) is 12.2. The minimum Gasteiger partial charge on any atom is -0.489 e. The third kappa shape index (κ3) is 3.50. The van der Waals surface area contributed by atoms with Gasteiger partial charge in [0.25, 0.3) is 0 Å². The molecule has 0 heterocycles. The van der Waals surface area contributed by atoms with Gasteiger partial charge >= 0.3 is 0 Å². The SMILES string of the molecule is CNC(C)c1ccccc1OCc1cc(F)ccc1Cl. The lowest BCUT2D eigenvalue weighted by Crippen LogP contribution is -2.13. The van der Waals surface area contributed by atoms with Gasteiger partial charge in [0.2, 0.25) is 0 Å². The molecule has 2 aromatic rings. The van der Waals surface area contributed by atoms with Crippen LogP contribution in [0.1, 0.15) is 24.1 Å². The standard InChI is InChI=1S/C16H17ClFNO/c1-11(19-2)14-5-3-4-6-16(14)20-10-12-9-13(18)7-8-15(12)17/h3-9,11,19H,10H2,1-2H3. The summed E-state index contributed by atoms with van der Waals surface area (Å²) in [4.78, 5) is 0. The van der Waals surface area contributed by atoms with Gasteiger partial charge in [-0.2, -0.15) is 0 Å². The molecule has 0 aliphatic carbocycles. The van der Waals surface area contributed by atoms with Gasteiger partial charge < -0.3 is 10.1 Å². The van der Waals surface area contributed by atoms with Crippen LogP contribution >= 0.6 is 11.6 Å². The van der Waals surface area contributed by atoms with Crippen LogP contribution in [0.2, 0.25) is 5.02 Å². The number of hydrogen-bond donors (Lipinski definition) is 1. The second-order valence-electron chi connectivity index (χ2n) is 4.57. The second-order valence-corrected chi connectivity index (χ2v) is 4.98. The Morgan fingerprint density at radius 3 is 2.75 bits per heavy atom. The van der Waals surface area contributed by atoms with E-state index in [9.17, 15) is 4.39 Å². The van der Waals surface area contributed by atoms with E-state index in [0.717, 1.165) is 11.3 Å². The molecule has 0 saturated heterocycles. The van der Waals surface area contributed by atoms with Crippen molar-refractivity contribution in [3.8, 4) is 5.75 Å². The van der Waals surface area contributed by atoms with Gasteiger partial charge in [-0.15, -0.1) is 0 Å². The van der Waals surface area contributed by atoms with Crippen molar-refractivity contribution in [2.45, 2.75) is 19.6 Å². The maximum atomic E-state index is 13.2. The lowest BCUT2D eigenvalue weighted by molar-refractivity contribution is 0.300. The average Bonchev–Trinajstić information content (AvgIpc) is 2.47. The first-order valence-electron chi connectivity index (χ1n) is 6.44. The topological polar surface area (TPSA) is 21.3 Å². The van der Waals surface area contributed by atoms with Crippen LogP contribution in [0, 0.1) is 5.82 Å². The normalized spacial score (nSPS) is 12.2. The number of rotatable bonds is 5. The Morgan fingerprint density at radius 1 is 1.25 bits per heavy atom. The van der Waals surface area contributed by atoms with E-state index in [4.69, 9.17) is 16.3 Å². The Kier molecular flexibility index (Phi) is 4.99. The van der Waals surface area contributed by atoms with Gasteiger partial charge in [0.05, 0.1) is 0 Å². The number of hydrogen-bond acceptors (Lipinski definition) is 2. The molecule has 0 aromatic heterocycles. The minimum absolute atomic E-state index is 0.175. The van der Waals surface area contributed by atoms with Crippen molar-refractivity contribution in [1.82, 2.24) is 5.32 Å². The number of para-hydroxylation sites is 1. The van der Waals surface area contributed by atoms with E-state index in [-0.39, 0.29) is 18.5 Å². The molecule has 0 bridgehead atoms. The van der Waals surface area contributed by atoms with Crippen molar-refractivity contribution in [3.05, 3.63) is 64.4 Å². The highest BCUT2D eigenvalue weighted by Crippen LogP contribution is 2.26. The van der Waals surface area contributed by atoms with Gasteiger partial charge in [-0.25, -0.2) is 4.39 Å². The fourth-order valence-corrected chi connectivity index (χ4v) is 2.11. The summed E-state index contributed by atoms with van der Waals surface area (Å²) in [7, 11) is 1.89. The van der Waals surface area contributed by atoms with Crippen LogP contribution in [0.3, 0.4) is 0 Å². The number of nitrogens with one attached hydrogen (secondary N) is 1. The quantitative estimate of drug-likeness (QED) is 0.885. The summed E-state index contributed by atoms with van der Waals surface area (Å²) < 4.78 is 19.0. The summed E-state index contributed by atoms with van der Waals surface area (Å²) in [5.74, 6) is 0.458. The zero-order chi connectivity index (χ0) is 14.5. The Bertz CT molecular complexity index is 588. The largest absolute Gasteiger partial charge is 0.489 e. The Morgan fingerprint density at radius 2 is 2.00 bits per heavy atom. The number of benzene rings is 2. The molecule has 2 nitrogen and oxygen atoms in total. The van der Waals surface area contributed by atoms with E-state index in [1.807, 2.05) is 31.3 Å². The molecule has 0 aliphatic heterocycles. The lowest BCUT2D eigenvalue weighted by Gasteiger charge is -2.16. The van der Waals surface area contributed by atoms with Gasteiger partial charge in [0.1, 0.15) is 18.2 Å². The van der Waals surface area contributed by atoms with Gasteiger partial charge in [-0.05, 0) is 38.2 Å². The van der Waals surface area contributed by atoms with Crippen molar-refractivity contribution in [1.29, 1.82) is 0 Å². The zero-order valence-electron chi connectivity index (χ0n) is 11.5. The molecule has 2 aromatic carbocycles. The van der Waals surface area contributed by atoms with E-state index in [2.05, 4.69) is 12.2 Å². The highest BCUT2D eigenvalue weighted by atomic mass is 35.5. The van der Waals surface area contributed by atoms with E-state index in [1.165, 1.54) is 18.2 Å². The predicted octanol–water partition coefficient (Wildman–Crippen LogP) is 4.34. The van der Waals surface area contributed by atoms with Gasteiger partial charge in [0.15, 0.2) is 0 Å². The predicted molar refractivity (Wildman–Crippen MR) is 79.7 cm³/mol. The zero-order valence-corrected chi connectivity index (χ0v) is 12.2. The van der Waals surface area contributed by atoms with Crippen LogP contribution in [0.15, 0.2) is 42.5 Å². The summed E-state index contributed by atoms with van der Waals surface area (Å²) >= 11 is 6.03. The van der Waals surface area contributed by atoms with Crippen LogP contribution in [-0.2, 0) is 6.61 Å².